The van der Waals surface area contributed by atoms with Gasteiger partial charge in [-0.25, -0.2) is 0 Å². The summed E-state index contributed by atoms with van der Waals surface area (Å²) in [6.45, 7) is 2.19. The third-order valence-corrected chi connectivity index (χ3v) is 2.52. The molecule has 0 fully saturated rings. The molecule has 0 saturated carbocycles. The van der Waals surface area contributed by atoms with Gasteiger partial charge in [0.2, 0.25) is 0 Å². The molecule has 10 heavy (non-hydrogen) atoms. The highest BCUT2D eigenvalue weighted by atomic mass is 32.2. The highest BCUT2D eigenvalue weighted by Gasteiger charge is 2.04. The largest absolute Gasteiger partial charge is 0.396 e. The van der Waals surface area contributed by atoms with Gasteiger partial charge in [-0.05, 0) is 18.6 Å². The Balaban J connectivity index is 3.29. The average Bonchev–Trinajstić information content (AvgIpc) is 1.98. The molecule has 0 rings (SSSR count). The van der Waals surface area contributed by atoms with E-state index in [9.17, 15) is 4.79 Å². The molecule has 0 aliphatic rings. The first kappa shape index (κ1) is 9.98. The van der Waals surface area contributed by atoms with E-state index in [2.05, 4.69) is 6.92 Å². The first-order chi connectivity index (χ1) is 4.85. The van der Waals surface area contributed by atoms with Gasteiger partial charge in [-0.2, -0.15) is 11.8 Å². The van der Waals surface area contributed by atoms with Crippen molar-refractivity contribution < 1.29 is 9.90 Å². The van der Waals surface area contributed by atoms with Gasteiger partial charge in [0.05, 0.1) is 5.25 Å². The maximum atomic E-state index is 10.3. The number of hydrogen-bond donors (Lipinski definition) is 1. The zero-order valence-corrected chi connectivity index (χ0v) is 7.06. The minimum Gasteiger partial charge on any atom is -0.396 e. The minimum absolute atomic E-state index is 0.00458. The summed E-state index contributed by atoms with van der Waals surface area (Å²) in [5, 5.41) is 8.50. The van der Waals surface area contributed by atoms with Crippen LogP contribution in [0.4, 0.5) is 0 Å². The molecule has 1 N–H and O–H groups in total. The third-order valence-electron chi connectivity index (χ3n) is 1.10. The lowest BCUT2D eigenvalue weighted by molar-refractivity contribution is -0.107. The maximum absolute atomic E-state index is 10.3. The minimum atomic E-state index is 0.00458. The second-order valence-electron chi connectivity index (χ2n) is 2.06. The molecule has 2 nitrogen and oxygen atoms in total. The van der Waals surface area contributed by atoms with E-state index in [1.807, 2.05) is 0 Å². The molecule has 0 heterocycles. The molecule has 0 aromatic rings. The second-order valence-corrected chi connectivity index (χ2v) is 3.40. The van der Waals surface area contributed by atoms with Gasteiger partial charge < -0.3 is 9.90 Å². The van der Waals surface area contributed by atoms with Crippen molar-refractivity contribution >= 4 is 18.0 Å². The van der Waals surface area contributed by atoms with E-state index in [4.69, 9.17) is 5.11 Å². The van der Waals surface area contributed by atoms with Crippen molar-refractivity contribution in [2.75, 3.05) is 12.4 Å². The molecule has 1 unspecified atom stereocenters. The van der Waals surface area contributed by atoms with Gasteiger partial charge in [0.25, 0.3) is 0 Å². The Kier molecular flexibility index (Phi) is 7.08. The van der Waals surface area contributed by atoms with Crippen molar-refractivity contribution in [2.24, 2.45) is 0 Å². The van der Waals surface area contributed by atoms with E-state index in [1.54, 1.807) is 11.8 Å². The topological polar surface area (TPSA) is 37.3 Å². The van der Waals surface area contributed by atoms with Crippen LogP contribution >= 0.6 is 11.8 Å². The van der Waals surface area contributed by atoms with E-state index < -0.39 is 0 Å². The van der Waals surface area contributed by atoms with Crippen LogP contribution in [0.3, 0.4) is 0 Å². The highest BCUT2D eigenvalue weighted by molar-refractivity contribution is 8.00. The fraction of sp³-hybridized carbons (Fsp3) is 0.857. The lowest BCUT2D eigenvalue weighted by Crippen LogP contribution is -2.07. The van der Waals surface area contributed by atoms with Crippen molar-refractivity contribution in [3.05, 3.63) is 0 Å². The van der Waals surface area contributed by atoms with Crippen LogP contribution in [0.5, 0.6) is 0 Å². The average molecular weight is 162 g/mol. The summed E-state index contributed by atoms with van der Waals surface area (Å²) in [4.78, 5) is 10.3. The highest BCUT2D eigenvalue weighted by Crippen LogP contribution is 2.12. The van der Waals surface area contributed by atoms with Crippen LogP contribution in [0.15, 0.2) is 0 Å². The fourth-order valence-electron chi connectivity index (χ4n) is 0.587. The number of aliphatic hydroxyl groups is 1. The van der Waals surface area contributed by atoms with Crippen LogP contribution < -0.4 is 0 Å². The van der Waals surface area contributed by atoms with E-state index in [-0.39, 0.29) is 11.9 Å². The van der Waals surface area contributed by atoms with Gasteiger partial charge in [0.1, 0.15) is 6.29 Å². The molecule has 60 valence electrons. The summed E-state index contributed by atoms with van der Waals surface area (Å²) in [7, 11) is 0. The Hall–Kier alpha value is -0.0200. The van der Waals surface area contributed by atoms with Crippen LogP contribution in [0, 0.1) is 0 Å². The molecule has 0 aliphatic carbocycles. The van der Waals surface area contributed by atoms with Crippen molar-refractivity contribution in [2.45, 2.75) is 25.0 Å². The van der Waals surface area contributed by atoms with Crippen LogP contribution in [0.25, 0.3) is 0 Å². The fourth-order valence-corrected chi connectivity index (χ4v) is 1.48. The van der Waals surface area contributed by atoms with Crippen LogP contribution in [-0.4, -0.2) is 29.0 Å². The first-order valence-electron chi connectivity index (χ1n) is 3.52. The van der Waals surface area contributed by atoms with E-state index in [0.717, 1.165) is 18.5 Å². The van der Waals surface area contributed by atoms with Crippen molar-refractivity contribution in [1.82, 2.24) is 0 Å². The summed E-state index contributed by atoms with van der Waals surface area (Å²) in [6, 6.07) is 0. The number of aliphatic hydroxyl groups excluding tert-OH is 1. The van der Waals surface area contributed by atoms with Crippen LogP contribution in [-0.2, 0) is 4.79 Å². The van der Waals surface area contributed by atoms with Crippen LogP contribution in [0.1, 0.15) is 19.8 Å². The smallest absolute Gasteiger partial charge is 0.133 e. The number of carbonyl (C=O) groups is 1. The Bertz CT molecular complexity index is 85.7. The van der Waals surface area contributed by atoms with Gasteiger partial charge in [0.15, 0.2) is 0 Å². The summed E-state index contributed by atoms with van der Waals surface area (Å²) < 4.78 is 0. The molecule has 0 bridgehead atoms. The Morgan fingerprint density at radius 2 is 2.40 bits per heavy atom. The summed E-state index contributed by atoms with van der Waals surface area (Å²) in [5.41, 5.74) is 0. The Morgan fingerprint density at radius 3 is 2.80 bits per heavy atom. The SMILES string of the molecule is CCCSC(C=O)CCO. The van der Waals surface area contributed by atoms with E-state index in [1.165, 1.54) is 0 Å². The number of rotatable bonds is 6. The molecule has 0 amide bonds. The zero-order chi connectivity index (χ0) is 7.82. The van der Waals surface area contributed by atoms with Gasteiger partial charge >= 0.3 is 0 Å². The van der Waals surface area contributed by atoms with Gasteiger partial charge in [-0.15, -0.1) is 0 Å². The zero-order valence-electron chi connectivity index (χ0n) is 6.25. The Labute approximate surface area is 66.0 Å². The Morgan fingerprint density at radius 1 is 1.70 bits per heavy atom. The molecule has 0 aliphatic heterocycles. The monoisotopic (exact) mass is 162 g/mol. The molecule has 0 spiro atoms. The van der Waals surface area contributed by atoms with Gasteiger partial charge in [-0.1, -0.05) is 6.92 Å². The normalized spacial score (nSPS) is 13.0. The predicted octanol–water partition coefficient (Wildman–Crippen LogP) is 1.08. The first-order valence-corrected chi connectivity index (χ1v) is 4.57. The van der Waals surface area contributed by atoms with Crippen molar-refractivity contribution in [1.29, 1.82) is 0 Å². The molecule has 0 aromatic carbocycles. The molecule has 0 aromatic heterocycles. The summed E-state index contributed by atoms with van der Waals surface area (Å²) in [6.07, 6.45) is 2.59. The maximum Gasteiger partial charge on any atom is 0.133 e. The third kappa shape index (κ3) is 4.82. The quantitative estimate of drug-likeness (QED) is 0.594. The number of hydrogen-bond acceptors (Lipinski definition) is 3. The number of thioether (sulfide) groups is 1. The molecule has 1 atom stereocenters. The van der Waals surface area contributed by atoms with Crippen molar-refractivity contribution in [3.8, 4) is 0 Å². The number of aldehydes is 1. The number of carbonyl (C=O) groups excluding carboxylic acids is 1. The van der Waals surface area contributed by atoms with E-state index >= 15 is 0 Å². The van der Waals surface area contributed by atoms with Gasteiger partial charge in [-0.3, -0.25) is 0 Å². The standard InChI is InChI=1S/C7H14O2S/c1-2-5-10-7(6-9)3-4-8/h6-8H,2-5H2,1H3. The molecule has 0 saturated heterocycles. The molecular weight excluding hydrogens is 148 g/mol. The van der Waals surface area contributed by atoms with Crippen LogP contribution in [0.2, 0.25) is 0 Å². The van der Waals surface area contributed by atoms with Crippen molar-refractivity contribution in [3.63, 3.8) is 0 Å². The lowest BCUT2D eigenvalue weighted by atomic mass is 10.3. The predicted molar refractivity (Wildman–Crippen MR) is 44.3 cm³/mol. The lowest BCUT2D eigenvalue weighted by Gasteiger charge is -2.05. The second kappa shape index (κ2) is 7.09. The molecule has 3 heteroatoms. The summed E-state index contributed by atoms with van der Waals surface area (Å²) >= 11 is 1.62. The van der Waals surface area contributed by atoms with Gasteiger partial charge in [0, 0.05) is 6.61 Å². The molecule has 0 radical (unpaired) electrons. The molecular formula is C7H14O2S. The summed E-state index contributed by atoms with van der Waals surface area (Å²) in [5.74, 6) is 1.00. The van der Waals surface area contributed by atoms with E-state index in [0.29, 0.717) is 6.42 Å².